The minimum absolute atomic E-state index is 0.00798. The molecular weight excluding hydrogens is 712 g/mol. The molecule has 0 radical (unpaired) electrons. The average molecular weight is 785 g/mol. The summed E-state index contributed by atoms with van der Waals surface area (Å²) in [7, 11) is 0. The van der Waals surface area contributed by atoms with E-state index in [9.17, 15) is 46.0 Å². The predicted molar refractivity (Wildman–Crippen MR) is 201 cm³/mol. The fourth-order valence-corrected chi connectivity index (χ4v) is 13.3. The molecule has 9 N–H and O–H groups in total. The first-order valence-corrected chi connectivity index (χ1v) is 20.9. The second-order valence-electron chi connectivity index (χ2n) is 20.1. The summed E-state index contributed by atoms with van der Waals surface area (Å²) in [6, 6.07) is 0. The zero-order chi connectivity index (χ0) is 40.6. The van der Waals surface area contributed by atoms with Gasteiger partial charge in [-0.1, -0.05) is 46.3 Å². The zero-order valence-corrected chi connectivity index (χ0v) is 34.3. The Labute approximate surface area is 327 Å². The SMILES string of the molecule is CC(C)=CCC[C@](C)(O)[C@H]1CC[C@]2(C)C1[C@H](O)CC1[C@@]3(C)CC[C@H](O[C@@H]4O[C@H](CO)[C@@H](O)[C@H](O)[C@H]4O[C@@H]4O[C@H](CO)[C@@H](O)[C@H](O)[C@H]4O)C(C)(C)[C@@H]3CC[C@]12C. The second kappa shape index (κ2) is 15.7. The van der Waals surface area contributed by atoms with E-state index in [1.165, 1.54) is 5.57 Å². The highest BCUT2D eigenvalue weighted by Crippen LogP contribution is 2.76. The molecule has 13 heteroatoms. The first-order chi connectivity index (χ1) is 25.6. The summed E-state index contributed by atoms with van der Waals surface area (Å²) < 4.78 is 24.4. The molecular formula is C42H72O13. The lowest BCUT2D eigenvalue weighted by Gasteiger charge is -2.70. The molecule has 6 rings (SSSR count). The van der Waals surface area contributed by atoms with Crippen molar-refractivity contribution in [1.29, 1.82) is 0 Å². The van der Waals surface area contributed by atoms with Crippen molar-refractivity contribution in [3.63, 3.8) is 0 Å². The number of hydrogen-bond donors (Lipinski definition) is 9. The molecule has 4 aliphatic carbocycles. The lowest BCUT2D eigenvalue weighted by atomic mass is 9.35. The summed E-state index contributed by atoms with van der Waals surface area (Å²) in [5, 5.41) is 97.4. The molecule has 0 aromatic heterocycles. The molecule has 13 nitrogen and oxygen atoms in total. The van der Waals surface area contributed by atoms with Gasteiger partial charge in [-0.25, -0.2) is 0 Å². The van der Waals surface area contributed by atoms with Crippen molar-refractivity contribution in [2.45, 2.75) is 192 Å². The molecule has 4 saturated carbocycles. The number of ether oxygens (including phenoxy) is 4. The van der Waals surface area contributed by atoms with Crippen LogP contribution in [0.25, 0.3) is 0 Å². The van der Waals surface area contributed by atoms with Crippen LogP contribution in [0.5, 0.6) is 0 Å². The van der Waals surface area contributed by atoms with Gasteiger partial charge in [-0.05, 0) is 124 Å². The highest BCUT2D eigenvalue weighted by Gasteiger charge is 2.71. The number of aliphatic hydroxyl groups is 9. The number of allylic oxidation sites excluding steroid dienone is 2. The maximum atomic E-state index is 12.2. The van der Waals surface area contributed by atoms with Gasteiger partial charge in [0.1, 0.15) is 48.8 Å². The molecule has 0 aromatic carbocycles. The van der Waals surface area contributed by atoms with Crippen molar-refractivity contribution in [2.24, 2.45) is 45.3 Å². The molecule has 6 fully saturated rings. The number of aliphatic hydroxyl groups excluding tert-OH is 8. The average Bonchev–Trinajstić information content (AvgIpc) is 3.50. The fraction of sp³-hybridized carbons (Fsp3) is 0.952. The highest BCUT2D eigenvalue weighted by molar-refractivity contribution is 5.20. The van der Waals surface area contributed by atoms with Crippen LogP contribution in [0.15, 0.2) is 11.6 Å². The standard InChI is InChI=1S/C42H72O13/c1-21(2)10-9-14-42(8,51)22-11-16-41(7)29(22)23(45)18-27-39(5)15-13-28(38(3,4)26(39)12-17-40(27,41)6)54-37-35(33(49)31(47)25(20-44)53-37)55-36-34(50)32(48)30(46)24(19-43)52-36/h10,22-37,43-51H,9,11-20H2,1-8H3/t22-,23+,24+,25+,26-,27?,28-,29?,30+,31+,32-,33-,34+,35+,36-,37-,39-,40+,41+,42-/m0/s1. The molecule has 6 aliphatic rings. The van der Waals surface area contributed by atoms with Crippen molar-refractivity contribution < 1.29 is 64.9 Å². The molecule has 55 heavy (non-hydrogen) atoms. The third-order valence-corrected chi connectivity index (χ3v) is 16.6. The van der Waals surface area contributed by atoms with Crippen molar-refractivity contribution >= 4 is 0 Å². The molecule has 318 valence electrons. The number of hydrogen-bond acceptors (Lipinski definition) is 13. The minimum Gasteiger partial charge on any atom is -0.394 e. The first kappa shape index (κ1) is 43.8. The van der Waals surface area contributed by atoms with Crippen LogP contribution in [-0.2, 0) is 18.9 Å². The third kappa shape index (κ3) is 7.20. The molecule has 2 heterocycles. The van der Waals surface area contributed by atoms with E-state index in [1.54, 1.807) is 0 Å². The van der Waals surface area contributed by atoms with Gasteiger partial charge in [-0.2, -0.15) is 0 Å². The molecule has 2 saturated heterocycles. The monoisotopic (exact) mass is 784 g/mol. The van der Waals surface area contributed by atoms with E-state index < -0.39 is 97.8 Å². The van der Waals surface area contributed by atoms with Crippen LogP contribution in [-0.4, -0.2) is 138 Å². The fourth-order valence-electron chi connectivity index (χ4n) is 13.3. The van der Waals surface area contributed by atoms with Gasteiger partial charge >= 0.3 is 0 Å². The summed E-state index contributed by atoms with van der Waals surface area (Å²) >= 11 is 0. The van der Waals surface area contributed by atoms with Crippen molar-refractivity contribution in [3.05, 3.63) is 11.6 Å². The molecule has 0 amide bonds. The Balaban J connectivity index is 1.23. The van der Waals surface area contributed by atoms with Gasteiger partial charge in [0.2, 0.25) is 0 Å². The Morgan fingerprint density at radius 1 is 0.727 bits per heavy atom. The Hall–Kier alpha value is -0.780. The van der Waals surface area contributed by atoms with Crippen LogP contribution in [0.3, 0.4) is 0 Å². The van der Waals surface area contributed by atoms with Gasteiger partial charge in [0.25, 0.3) is 0 Å². The maximum absolute atomic E-state index is 12.2. The van der Waals surface area contributed by atoms with E-state index in [2.05, 4.69) is 54.5 Å². The molecule has 0 bridgehead atoms. The second-order valence-corrected chi connectivity index (χ2v) is 20.1. The van der Waals surface area contributed by atoms with Gasteiger partial charge in [-0.3, -0.25) is 0 Å². The van der Waals surface area contributed by atoms with Crippen LogP contribution in [0.2, 0.25) is 0 Å². The van der Waals surface area contributed by atoms with E-state index in [0.29, 0.717) is 19.3 Å². The summed E-state index contributed by atoms with van der Waals surface area (Å²) in [6.07, 6.45) is -6.48. The first-order valence-electron chi connectivity index (χ1n) is 20.9. The topological polar surface area (TPSA) is 219 Å². The summed E-state index contributed by atoms with van der Waals surface area (Å²) in [5.74, 6) is 0.445. The van der Waals surface area contributed by atoms with Crippen LogP contribution in [0.1, 0.15) is 113 Å². The van der Waals surface area contributed by atoms with Gasteiger partial charge in [0.15, 0.2) is 12.6 Å². The molecule has 0 spiro atoms. The van der Waals surface area contributed by atoms with Crippen molar-refractivity contribution in [2.75, 3.05) is 13.2 Å². The molecule has 2 aliphatic heterocycles. The van der Waals surface area contributed by atoms with E-state index >= 15 is 0 Å². The van der Waals surface area contributed by atoms with Gasteiger partial charge < -0.3 is 64.9 Å². The lowest BCUT2D eigenvalue weighted by Crippen LogP contribution is -2.68. The summed E-state index contributed by atoms with van der Waals surface area (Å²) in [6.45, 7) is 16.5. The van der Waals surface area contributed by atoms with Crippen molar-refractivity contribution in [1.82, 2.24) is 0 Å². The van der Waals surface area contributed by atoms with Gasteiger partial charge in [-0.15, -0.1) is 0 Å². The van der Waals surface area contributed by atoms with E-state index in [4.69, 9.17) is 18.9 Å². The Morgan fingerprint density at radius 2 is 1.33 bits per heavy atom. The van der Waals surface area contributed by atoms with Crippen LogP contribution in [0, 0.1) is 45.3 Å². The van der Waals surface area contributed by atoms with Gasteiger partial charge in [0.05, 0.1) is 31.0 Å². The third-order valence-electron chi connectivity index (χ3n) is 16.6. The highest BCUT2D eigenvalue weighted by atomic mass is 16.8. The van der Waals surface area contributed by atoms with Crippen LogP contribution < -0.4 is 0 Å². The summed E-state index contributed by atoms with van der Waals surface area (Å²) in [4.78, 5) is 0. The van der Waals surface area contributed by atoms with Crippen molar-refractivity contribution in [3.8, 4) is 0 Å². The minimum atomic E-state index is -1.75. The van der Waals surface area contributed by atoms with E-state index in [1.807, 2.05) is 6.92 Å². The Morgan fingerprint density at radius 3 is 1.95 bits per heavy atom. The lowest BCUT2D eigenvalue weighted by molar-refractivity contribution is -0.378. The number of fused-ring (bicyclic) bond motifs is 5. The molecule has 20 atom stereocenters. The van der Waals surface area contributed by atoms with Crippen LogP contribution in [0.4, 0.5) is 0 Å². The predicted octanol–water partition coefficient (Wildman–Crippen LogP) is 2.15. The normalized spacial score (nSPS) is 52.0. The molecule has 2 unspecified atom stereocenters. The zero-order valence-electron chi connectivity index (χ0n) is 34.3. The number of rotatable bonds is 10. The van der Waals surface area contributed by atoms with Gasteiger partial charge in [0, 0.05) is 0 Å². The van der Waals surface area contributed by atoms with E-state index in [0.717, 1.165) is 38.5 Å². The smallest absolute Gasteiger partial charge is 0.187 e. The molecule has 0 aromatic rings. The van der Waals surface area contributed by atoms with E-state index in [-0.39, 0.29) is 39.9 Å². The largest absolute Gasteiger partial charge is 0.394 e. The van der Waals surface area contributed by atoms with Crippen LogP contribution >= 0.6 is 0 Å². The Bertz CT molecular complexity index is 1370. The quantitative estimate of drug-likeness (QED) is 0.115. The summed E-state index contributed by atoms with van der Waals surface area (Å²) in [5.41, 5.74) is -0.405. The maximum Gasteiger partial charge on any atom is 0.187 e. The Kier molecular flexibility index (Phi) is 12.5.